The third kappa shape index (κ3) is 2.57. The topological polar surface area (TPSA) is 53.1 Å². The van der Waals surface area contributed by atoms with E-state index >= 15 is 0 Å². The molecule has 1 aromatic heterocycles. The van der Waals surface area contributed by atoms with Crippen molar-refractivity contribution in [1.29, 1.82) is 0 Å². The SMILES string of the molecule is CCn1ncc(OC)c1C(N)c1ccc(Cl)cc1F. The fourth-order valence-corrected chi connectivity index (χ4v) is 2.16. The average Bonchev–Trinajstić information content (AvgIpc) is 2.80. The van der Waals surface area contributed by atoms with Crippen LogP contribution < -0.4 is 10.5 Å². The van der Waals surface area contributed by atoms with Gasteiger partial charge < -0.3 is 10.5 Å². The smallest absolute Gasteiger partial charge is 0.161 e. The Labute approximate surface area is 115 Å². The first-order chi connectivity index (χ1) is 9.08. The highest BCUT2D eigenvalue weighted by molar-refractivity contribution is 6.30. The number of aryl methyl sites for hydroxylation is 1. The van der Waals surface area contributed by atoms with Crippen LogP contribution in [-0.2, 0) is 6.54 Å². The maximum Gasteiger partial charge on any atom is 0.161 e. The van der Waals surface area contributed by atoms with Gasteiger partial charge >= 0.3 is 0 Å². The van der Waals surface area contributed by atoms with Gasteiger partial charge in [0, 0.05) is 17.1 Å². The minimum absolute atomic E-state index is 0.337. The first kappa shape index (κ1) is 13.8. The minimum atomic E-state index is -0.658. The zero-order valence-corrected chi connectivity index (χ0v) is 11.5. The van der Waals surface area contributed by atoms with Crippen LogP contribution in [0.25, 0.3) is 0 Å². The van der Waals surface area contributed by atoms with Crippen molar-refractivity contribution in [3.05, 3.63) is 46.5 Å². The molecule has 0 fully saturated rings. The molecular formula is C13H15ClFN3O. The zero-order valence-electron chi connectivity index (χ0n) is 10.7. The summed E-state index contributed by atoms with van der Waals surface area (Å²) in [5.41, 5.74) is 7.14. The molecule has 0 radical (unpaired) electrons. The van der Waals surface area contributed by atoms with E-state index in [0.29, 0.717) is 28.6 Å². The number of aromatic nitrogens is 2. The summed E-state index contributed by atoms with van der Waals surface area (Å²) in [7, 11) is 1.53. The van der Waals surface area contributed by atoms with Gasteiger partial charge in [-0.15, -0.1) is 0 Å². The van der Waals surface area contributed by atoms with Gasteiger partial charge in [-0.3, -0.25) is 4.68 Å². The molecule has 6 heteroatoms. The highest BCUT2D eigenvalue weighted by atomic mass is 35.5. The van der Waals surface area contributed by atoms with Crippen LogP contribution in [0.5, 0.6) is 5.75 Å². The number of hydrogen-bond acceptors (Lipinski definition) is 3. The monoisotopic (exact) mass is 283 g/mol. The normalized spacial score (nSPS) is 12.5. The lowest BCUT2D eigenvalue weighted by Gasteiger charge is -2.16. The average molecular weight is 284 g/mol. The van der Waals surface area contributed by atoms with E-state index in [1.807, 2.05) is 6.92 Å². The molecule has 1 unspecified atom stereocenters. The summed E-state index contributed by atoms with van der Waals surface area (Å²) in [6.45, 7) is 2.56. The molecule has 0 aliphatic rings. The lowest BCUT2D eigenvalue weighted by Crippen LogP contribution is -2.19. The number of rotatable bonds is 4. The Balaban J connectivity index is 2.48. The van der Waals surface area contributed by atoms with Crippen LogP contribution in [0.1, 0.15) is 24.2 Å². The van der Waals surface area contributed by atoms with Crippen molar-refractivity contribution >= 4 is 11.6 Å². The second kappa shape index (κ2) is 5.59. The second-order valence-electron chi connectivity index (χ2n) is 4.06. The molecule has 2 N–H and O–H groups in total. The minimum Gasteiger partial charge on any atom is -0.493 e. The third-order valence-corrected chi connectivity index (χ3v) is 3.19. The molecule has 4 nitrogen and oxygen atoms in total. The van der Waals surface area contributed by atoms with Gasteiger partial charge in [-0.05, 0) is 19.1 Å². The van der Waals surface area contributed by atoms with Crippen LogP contribution in [0.3, 0.4) is 0 Å². The van der Waals surface area contributed by atoms with E-state index in [0.717, 1.165) is 0 Å². The molecule has 0 aliphatic heterocycles. The highest BCUT2D eigenvalue weighted by Crippen LogP contribution is 2.30. The Kier molecular flexibility index (Phi) is 4.07. The van der Waals surface area contributed by atoms with Crippen LogP contribution >= 0.6 is 11.6 Å². The summed E-state index contributed by atoms with van der Waals surface area (Å²) in [6, 6.07) is 3.78. The Morgan fingerprint density at radius 3 is 2.84 bits per heavy atom. The van der Waals surface area contributed by atoms with Crippen molar-refractivity contribution in [3.63, 3.8) is 0 Å². The van der Waals surface area contributed by atoms with Crippen LogP contribution in [0, 0.1) is 5.82 Å². The van der Waals surface area contributed by atoms with E-state index in [1.54, 1.807) is 23.0 Å². The molecule has 0 saturated heterocycles. The summed E-state index contributed by atoms with van der Waals surface area (Å²) in [5.74, 6) is 0.106. The van der Waals surface area contributed by atoms with E-state index in [2.05, 4.69) is 5.10 Å². The van der Waals surface area contributed by atoms with Gasteiger partial charge in [0.25, 0.3) is 0 Å². The summed E-state index contributed by atoms with van der Waals surface area (Å²) in [5, 5.41) is 4.50. The summed E-state index contributed by atoms with van der Waals surface area (Å²) in [4.78, 5) is 0. The largest absolute Gasteiger partial charge is 0.493 e. The van der Waals surface area contributed by atoms with Gasteiger partial charge in [0.1, 0.15) is 11.5 Å². The van der Waals surface area contributed by atoms with Crippen molar-refractivity contribution in [3.8, 4) is 5.75 Å². The summed E-state index contributed by atoms with van der Waals surface area (Å²) >= 11 is 5.74. The molecule has 2 rings (SSSR count). The van der Waals surface area contributed by atoms with E-state index < -0.39 is 11.9 Å². The predicted octanol–water partition coefficient (Wildman–Crippen LogP) is 2.75. The molecule has 2 aromatic rings. The maximum absolute atomic E-state index is 13.9. The zero-order chi connectivity index (χ0) is 14.0. The number of ether oxygens (including phenoxy) is 1. The molecule has 1 heterocycles. The van der Waals surface area contributed by atoms with E-state index in [-0.39, 0.29) is 0 Å². The van der Waals surface area contributed by atoms with E-state index in [1.165, 1.54) is 13.2 Å². The first-order valence-corrected chi connectivity index (χ1v) is 6.26. The summed E-state index contributed by atoms with van der Waals surface area (Å²) < 4.78 is 20.8. The van der Waals surface area contributed by atoms with Crippen LogP contribution in [0.2, 0.25) is 5.02 Å². The van der Waals surface area contributed by atoms with Crippen molar-refractivity contribution in [2.45, 2.75) is 19.5 Å². The van der Waals surface area contributed by atoms with Gasteiger partial charge in [0.15, 0.2) is 5.75 Å². The van der Waals surface area contributed by atoms with Crippen LogP contribution in [-0.4, -0.2) is 16.9 Å². The molecule has 0 amide bonds. The van der Waals surface area contributed by atoms with Gasteiger partial charge in [0.05, 0.1) is 19.3 Å². The van der Waals surface area contributed by atoms with Crippen molar-refractivity contribution < 1.29 is 9.13 Å². The predicted molar refractivity (Wildman–Crippen MR) is 71.9 cm³/mol. The van der Waals surface area contributed by atoms with Crippen molar-refractivity contribution in [1.82, 2.24) is 9.78 Å². The summed E-state index contributed by atoms with van der Waals surface area (Å²) in [6.07, 6.45) is 1.58. The van der Waals surface area contributed by atoms with Crippen LogP contribution in [0.4, 0.5) is 4.39 Å². The standard InChI is InChI=1S/C13H15ClFN3O/c1-3-18-13(11(19-2)7-17-18)12(16)9-5-4-8(14)6-10(9)15/h4-7,12H,3,16H2,1-2H3. The van der Waals surface area contributed by atoms with Gasteiger partial charge in [-0.25, -0.2) is 4.39 Å². The lowest BCUT2D eigenvalue weighted by atomic mass is 10.0. The molecule has 0 aliphatic carbocycles. The molecule has 1 aromatic carbocycles. The van der Waals surface area contributed by atoms with Gasteiger partial charge in [0.2, 0.25) is 0 Å². The molecule has 102 valence electrons. The third-order valence-electron chi connectivity index (χ3n) is 2.96. The molecule has 1 atom stereocenters. The molecule has 0 saturated carbocycles. The maximum atomic E-state index is 13.9. The number of nitrogens with two attached hydrogens (primary N) is 1. The Morgan fingerprint density at radius 1 is 1.53 bits per heavy atom. The van der Waals surface area contributed by atoms with Gasteiger partial charge in [-0.1, -0.05) is 17.7 Å². The van der Waals surface area contributed by atoms with Crippen molar-refractivity contribution in [2.75, 3.05) is 7.11 Å². The number of methoxy groups -OCH3 is 1. The van der Waals surface area contributed by atoms with Crippen LogP contribution in [0.15, 0.2) is 24.4 Å². The van der Waals surface area contributed by atoms with E-state index in [9.17, 15) is 4.39 Å². The van der Waals surface area contributed by atoms with E-state index in [4.69, 9.17) is 22.1 Å². The molecule has 0 spiro atoms. The molecule has 19 heavy (non-hydrogen) atoms. The Morgan fingerprint density at radius 2 is 2.26 bits per heavy atom. The molecule has 0 bridgehead atoms. The fourth-order valence-electron chi connectivity index (χ4n) is 2.00. The highest BCUT2D eigenvalue weighted by Gasteiger charge is 2.22. The van der Waals surface area contributed by atoms with Gasteiger partial charge in [-0.2, -0.15) is 5.10 Å². The molecular weight excluding hydrogens is 269 g/mol. The quantitative estimate of drug-likeness (QED) is 0.939. The fraction of sp³-hybridized carbons (Fsp3) is 0.308. The first-order valence-electron chi connectivity index (χ1n) is 5.88. The number of hydrogen-bond donors (Lipinski definition) is 1. The van der Waals surface area contributed by atoms with Crippen molar-refractivity contribution in [2.24, 2.45) is 5.73 Å². The number of halogens is 2. The Bertz CT molecular complexity index is 564. The lowest BCUT2D eigenvalue weighted by molar-refractivity contribution is 0.404. The Hall–Kier alpha value is -1.59. The number of nitrogens with zero attached hydrogens (tertiary/aromatic N) is 2. The second-order valence-corrected chi connectivity index (χ2v) is 4.49. The number of benzene rings is 1.